The minimum Gasteiger partial charge on any atom is -0.370 e. The Morgan fingerprint density at radius 2 is 1.73 bits per heavy atom. The van der Waals surface area contributed by atoms with Gasteiger partial charge in [0.1, 0.15) is 0 Å². The molecule has 0 spiro atoms. The molecule has 0 radical (unpaired) electrons. The van der Waals surface area contributed by atoms with Gasteiger partial charge in [-0.25, -0.2) is 4.99 Å². The Labute approximate surface area is 61.3 Å². The van der Waals surface area contributed by atoms with Gasteiger partial charge in [-0.15, -0.1) is 0 Å². The maximum atomic E-state index is 12.0. The van der Waals surface area contributed by atoms with Gasteiger partial charge in [-0.3, -0.25) is 0 Å². The third kappa shape index (κ3) is 1.38. The fourth-order valence-corrected chi connectivity index (χ4v) is 0.824. The van der Waals surface area contributed by atoms with Crippen molar-refractivity contribution in [1.82, 2.24) is 0 Å². The summed E-state index contributed by atoms with van der Waals surface area (Å²) in [5.41, 5.74) is 7.73. The summed E-state index contributed by atoms with van der Waals surface area (Å²) in [4.78, 5) is 3.14. The number of aliphatic imine (C=N–C) groups is 1. The molecule has 0 saturated heterocycles. The first-order valence-electron chi connectivity index (χ1n) is 3.05. The molecule has 1 rings (SSSR count). The molecule has 0 unspecified atom stereocenters. The molecule has 0 aromatic rings. The second-order valence-corrected chi connectivity index (χ2v) is 2.57. The smallest absolute Gasteiger partial charge is 0.370 e. The summed E-state index contributed by atoms with van der Waals surface area (Å²) in [6.45, 7) is 0. The van der Waals surface area contributed by atoms with Crippen molar-refractivity contribution in [2.45, 2.75) is 24.6 Å². The fraction of sp³-hybridized carbons (Fsp3) is 0.800. The largest absolute Gasteiger partial charge is 0.413 e. The zero-order valence-corrected chi connectivity index (χ0v) is 5.65. The van der Waals surface area contributed by atoms with E-state index in [4.69, 9.17) is 11.5 Å². The summed E-state index contributed by atoms with van der Waals surface area (Å²) >= 11 is 0. The molecule has 11 heavy (non-hydrogen) atoms. The van der Waals surface area contributed by atoms with Crippen molar-refractivity contribution in [1.29, 1.82) is 0 Å². The van der Waals surface area contributed by atoms with Gasteiger partial charge < -0.3 is 11.5 Å². The third-order valence-corrected chi connectivity index (χ3v) is 1.59. The van der Waals surface area contributed by atoms with Crippen molar-refractivity contribution in [3.8, 4) is 0 Å². The van der Waals surface area contributed by atoms with Crippen LogP contribution in [0.2, 0.25) is 0 Å². The Bertz CT molecular complexity index is 188. The van der Waals surface area contributed by atoms with E-state index in [1.807, 2.05) is 0 Å². The highest BCUT2D eigenvalue weighted by Crippen LogP contribution is 2.52. The van der Waals surface area contributed by atoms with Crippen molar-refractivity contribution in [3.05, 3.63) is 0 Å². The number of hydrogen-bond donors (Lipinski definition) is 2. The summed E-state index contributed by atoms with van der Waals surface area (Å²) in [5.74, 6) is -0.500. The highest BCUT2D eigenvalue weighted by atomic mass is 19.4. The monoisotopic (exact) mass is 167 g/mol. The van der Waals surface area contributed by atoms with E-state index in [9.17, 15) is 13.2 Å². The van der Waals surface area contributed by atoms with Gasteiger partial charge in [-0.1, -0.05) is 0 Å². The highest BCUT2D eigenvalue weighted by molar-refractivity contribution is 5.76. The number of alkyl halides is 3. The van der Waals surface area contributed by atoms with Gasteiger partial charge in [-0.05, 0) is 12.8 Å². The van der Waals surface area contributed by atoms with Gasteiger partial charge >= 0.3 is 6.18 Å². The molecule has 4 N–H and O–H groups in total. The zero-order chi connectivity index (χ0) is 8.70. The van der Waals surface area contributed by atoms with Crippen LogP contribution in [0.5, 0.6) is 0 Å². The number of halogens is 3. The first-order chi connectivity index (χ1) is 4.87. The Morgan fingerprint density at radius 1 is 1.27 bits per heavy atom. The summed E-state index contributed by atoms with van der Waals surface area (Å²) in [7, 11) is 0. The van der Waals surface area contributed by atoms with Crippen LogP contribution in [-0.4, -0.2) is 17.7 Å². The lowest BCUT2D eigenvalue weighted by Gasteiger charge is -2.13. The lowest BCUT2D eigenvalue weighted by molar-refractivity contribution is -0.155. The molecule has 64 valence electrons. The predicted octanol–water partition coefficient (Wildman–Crippen LogP) is 0.355. The van der Waals surface area contributed by atoms with Crippen LogP contribution in [0.15, 0.2) is 4.99 Å². The van der Waals surface area contributed by atoms with Gasteiger partial charge in [0.15, 0.2) is 11.5 Å². The Kier molecular flexibility index (Phi) is 1.50. The summed E-state index contributed by atoms with van der Waals surface area (Å²) < 4.78 is 36.1. The van der Waals surface area contributed by atoms with Gasteiger partial charge in [0.05, 0.1) is 0 Å². The highest BCUT2D eigenvalue weighted by Gasteiger charge is 2.64. The van der Waals surface area contributed by atoms with Crippen LogP contribution in [0.1, 0.15) is 12.8 Å². The van der Waals surface area contributed by atoms with Gasteiger partial charge in [-0.2, -0.15) is 13.2 Å². The molecule has 1 fully saturated rings. The topological polar surface area (TPSA) is 64.4 Å². The van der Waals surface area contributed by atoms with E-state index in [0.717, 1.165) is 0 Å². The molecule has 1 aliphatic carbocycles. The lowest BCUT2D eigenvalue weighted by Crippen LogP contribution is -2.34. The van der Waals surface area contributed by atoms with Gasteiger partial charge in [0.25, 0.3) is 0 Å². The minimum absolute atomic E-state index is 0.00556. The minimum atomic E-state index is -4.31. The van der Waals surface area contributed by atoms with Crippen LogP contribution in [0.3, 0.4) is 0 Å². The predicted molar refractivity (Wildman–Crippen MR) is 33.8 cm³/mol. The van der Waals surface area contributed by atoms with E-state index in [1.165, 1.54) is 0 Å². The van der Waals surface area contributed by atoms with Crippen LogP contribution in [0.4, 0.5) is 13.2 Å². The summed E-state index contributed by atoms with van der Waals surface area (Å²) in [5, 5.41) is 0. The summed E-state index contributed by atoms with van der Waals surface area (Å²) in [6.07, 6.45) is -4.32. The molecule has 6 heteroatoms. The molecule has 0 aromatic heterocycles. The molecule has 1 aliphatic rings. The average molecular weight is 167 g/mol. The van der Waals surface area contributed by atoms with Crippen molar-refractivity contribution < 1.29 is 13.2 Å². The second-order valence-electron chi connectivity index (χ2n) is 2.57. The van der Waals surface area contributed by atoms with E-state index in [0.29, 0.717) is 0 Å². The maximum Gasteiger partial charge on any atom is 0.413 e. The van der Waals surface area contributed by atoms with E-state index in [2.05, 4.69) is 4.99 Å². The normalized spacial score (nSPS) is 21.0. The van der Waals surface area contributed by atoms with Crippen molar-refractivity contribution in [3.63, 3.8) is 0 Å². The third-order valence-electron chi connectivity index (χ3n) is 1.59. The number of rotatable bonds is 1. The van der Waals surface area contributed by atoms with Crippen LogP contribution in [0, 0.1) is 0 Å². The number of hydrogen-bond acceptors (Lipinski definition) is 1. The van der Waals surface area contributed by atoms with Crippen molar-refractivity contribution >= 4 is 5.96 Å². The van der Waals surface area contributed by atoms with Crippen LogP contribution in [-0.2, 0) is 0 Å². The Hall–Kier alpha value is -0.940. The maximum absolute atomic E-state index is 12.0. The van der Waals surface area contributed by atoms with Gasteiger partial charge in [0.2, 0.25) is 0 Å². The van der Waals surface area contributed by atoms with Gasteiger partial charge in [0, 0.05) is 0 Å². The number of nitrogens with zero attached hydrogens (tertiary/aromatic N) is 1. The molecule has 0 aliphatic heterocycles. The number of nitrogens with two attached hydrogens (primary N) is 2. The zero-order valence-electron chi connectivity index (χ0n) is 5.65. The molecular formula is C5H8F3N3. The molecule has 0 heterocycles. The molecule has 1 saturated carbocycles. The second kappa shape index (κ2) is 2.02. The SMILES string of the molecule is NC(N)=NC1(C(F)(F)F)CC1. The Morgan fingerprint density at radius 3 is 1.82 bits per heavy atom. The van der Waals surface area contributed by atoms with Crippen LogP contribution < -0.4 is 11.5 Å². The first kappa shape index (κ1) is 8.16. The van der Waals surface area contributed by atoms with Crippen LogP contribution >= 0.6 is 0 Å². The van der Waals surface area contributed by atoms with E-state index < -0.39 is 17.7 Å². The first-order valence-corrected chi connectivity index (χ1v) is 3.05. The molecular weight excluding hydrogens is 159 g/mol. The molecule has 3 nitrogen and oxygen atoms in total. The van der Waals surface area contributed by atoms with Crippen LogP contribution in [0.25, 0.3) is 0 Å². The fourth-order valence-electron chi connectivity index (χ4n) is 0.824. The quantitative estimate of drug-likeness (QED) is 0.437. The van der Waals surface area contributed by atoms with Crippen molar-refractivity contribution in [2.24, 2.45) is 16.5 Å². The molecule has 0 aromatic carbocycles. The Balaban J connectivity index is 2.77. The lowest BCUT2D eigenvalue weighted by atomic mass is 10.3. The van der Waals surface area contributed by atoms with E-state index >= 15 is 0 Å². The van der Waals surface area contributed by atoms with Crippen molar-refractivity contribution in [2.75, 3.05) is 0 Å². The average Bonchev–Trinajstić information content (AvgIpc) is 2.42. The van der Waals surface area contributed by atoms with E-state index in [-0.39, 0.29) is 12.8 Å². The molecule has 0 amide bonds. The molecule has 0 atom stereocenters. The van der Waals surface area contributed by atoms with E-state index in [1.54, 1.807) is 0 Å². The molecule has 0 bridgehead atoms. The summed E-state index contributed by atoms with van der Waals surface area (Å²) in [6, 6.07) is 0. The number of guanidine groups is 1. The standard InChI is InChI=1S/C5H8F3N3/c6-5(7,8)4(1-2-4)11-3(9)10/h1-2H2,(H4,9,10,11).